The van der Waals surface area contributed by atoms with Crippen LogP contribution in [0, 0.1) is 0 Å². The monoisotopic (exact) mass is 408 g/mol. The first kappa shape index (κ1) is 19.2. The quantitative estimate of drug-likeness (QED) is 0.770. The van der Waals surface area contributed by atoms with Gasteiger partial charge in [0, 0.05) is 44.0 Å². The summed E-state index contributed by atoms with van der Waals surface area (Å²) in [7, 11) is 0. The van der Waals surface area contributed by atoms with E-state index in [2.05, 4.69) is 15.0 Å². The van der Waals surface area contributed by atoms with Crippen molar-refractivity contribution in [1.82, 2.24) is 24.6 Å². The maximum Gasteiger partial charge on any atom is 0.267 e. The van der Waals surface area contributed by atoms with Gasteiger partial charge in [-0.15, -0.1) is 0 Å². The second kappa shape index (κ2) is 8.16. The SMILES string of the molecule is O=C(Cn1nc2c(cc1=O)CCc1nc(N3CCCCC3)ncc1-2)N1CCCCC1. The molecule has 1 amide bonds. The largest absolute Gasteiger partial charge is 0.341 e. The maximum atomic E-state index is 12.6. The molecule has 2 aromatic rings. The van der Waals surface area contributed by atoms with E-state index < -0.39 is 0 Å². The minimum absolute atomic E-state index is 0.00579. The third-order valence-electron chi connectivity index (χ3n) is 6.45. The fraction of sp³-hybridized carbons (Fsp3) is 0.591. The molecule has 5 rings (SSSR count). The third kappa shape index (κ3) is 3.70. The Hall–Kier alpha value is -2.77. The van der Waals surface area contributed by atoms with E-state index in [0.717, 1.165) is 86.7 Å². The molecule has 2 fully saturated rings. The van der Waals surface area contributed by atoms with Crippen LogP contribution in [0.2, 0.25) is 0 Å². The molecule has 0 aromatic carbocycles. The highest BCUT2D eigenvalue weighted by Crippen LogP contribution is 2.30. The predicted molar refractivity (Wildman–Crippen MR) is 113 cm³/mol. The number of carbonyl (C=O) groups is 1. The van der Waals surface area contributed by atoms with Gasteiger partial charge < -0.3 is 9.80 Å². The van der Waals surface area contributed by atoms with Gasteiger partial charge in [-0.1, -0.05) is 0 Å². The number of piperidine rings is 2. The Balaban J connectivity index is 1.42. The predicted octanol–water partition coefficient (Wildman–Crippen LogP) is 1.80. The number of fused-ring (bicyclic) bond motifs is 3. The van der Waals surface area contributed by atoms with Crippen molar-refractivity contribution in [1.29, 1.82) is 0 Å². The van der Waals surface area contributed by atoms with Crippen molar-refractivity contribution < 1.29 is 4.79 Å². The lowest BCUT2D eigenvalue weighted by Gasteiger charge is -2.28. The molecular formula is C22H28N6O2. The van der Waals surface area contributed by atoms with E-state index in [1.54, 1.807) is 6.07 Å². The summed E-state index contributed by atoms with van der Waals surface area (Å²) in [5.74, 6) is 0.766. The lowest BCUT2D eigenvalue weighted by Crippen LogP contribution is -2.40. The Kier molecular flexibility index (Phi) is 5.23. The van der Waals surface area contributed by atoms with Crippen molar-refractivity contribution in [2.45, 2.75) is 57.9 Å². The summed E-state index contributed by atoms with van der Waals surface area (Å²) in [6.07, 6.45) is 10.2. The number of anilines is 1. The minimum atomic E-state index is -0.214. The number of aryl methyl sites for hydroxylation is 2. The molecule has 4 heterocycles. The van der Waals surface area contributed by atoms with Gasteiger partial charge in [0.15, 0.2) is 0 Å². The van der Waals surface area contributed by atoms with Crippen LogP contribution >= 0.6 is 0 Å². The van der Waals surface area contributed by atoms with Gasteiger partial charge in [0.2, 0.25) is 11.9 Å². The topological polar surface area (TPSA) is 84.2 Å². The van der Waals surface area contributed by atoms with E-state index in [1.165, 1.54) is 23.9 Å². The van der Waals surface area contributed by atoms with Crippen molar-refractivity contribution in [3.8, 4) is 11.3 Å². The van der Waals surface area contributed by atoms with E-state index >= 15 is 0 Å². The first-order chi connectivity index (χ1) is 14.7. The van der Waals surface area contributed by atoms with Gasteiger partial charge in [0.25, 0.3) is 5.56 Å². The van der Waals surface area contributed by atoms with E-state index in [1.807, 2.05) is 11.1 Å². The van der Waals surface area contributed by atoms with E-state index in [9.17, 15) is 9.59 Å². The van der Waals surface area contributed by atoms with Crippen LogP contribution in [0.1, 0.15) is 49.8 Å². The summed E-state index contributed by atoms with van der Waals surface area (Å²) in [6, 6.07) is 1.63. The maximum absolute atomic E-state index is 12.6. The summed E-state index contributed by atoms with van der Waals surface area (Å²) in [5.41, 5.74) is 3.32. The second-order valence-electron chi connectivity index (χ2n) is 8.53. The number of hydrogen-bond acceptors (Lipinski definition) is 6. The van der Waals surface area contributed by atoms with Crippen molar-refractivity contribution in [2.24, 2.45) is 0 Å². The molecule has 8 nitrogen and oxygen atoms in total. The first-order valence-corrected chi connectivity index (χ1v) is 11.2. The number of rotatable bonds is 3. The normalized spacial score (nSPS) is 18.7. The van der Waals surface area contributed by atoms with Gasteiger partial charge >= 0.3 is 0 Å². The highest BCUT2D eigenvalue weighted by molar-refractivity contribution is 5.76. The van der Waals surface area contributed by atoms with Crippen LogP contribution in [0.15, 0.2) is 17.1 Å². The van der Waals surface area contributed by atoms with E-state index in [-0.39, 0.29) is 18.0 Å². The molecule has 0 atom stereocenters. The standard InChI is InChI=1S/C22H28N6O2/c29-19-13-16-7-8-18-17(14-23-22(24-18)27-11-5-2-6-12-27)21(16)25-28(19)15-20(30)26-9-3-1-4-10-26/h13-14H,1-12,15H2. The van der Waals surface area contributed by atoms with Crippen molar-refractivity contribution in [3.05, 3.63) is 33.9 Å². The van der Waals surface area contributed by atoms with Gasteiger partial charge in [0.1, 0.15) is 6.54 Å². The number of amides is 1. The zero-order chi connectivity index (χ0) is 20.5. The molecule has 0 unspecified atom stereocenters. The highest BCUT2D eigenvalue weighted by Gasteiger charge is 2.24. The van der Waals surface area contributed by atoms with Gasteiger partial charge in [-0.2, -0.15) is 5.10 Å². The number of aromatic nitrogens is 4. The molecular weight excluding hydrogens is 380 g/mol. The molecule has 8 heteroatoms. The number of hydrogen-bond donors (Lipinski definition) is 0. The molecule has 0 saturated carbocycles. The summed E-state index contributed by atoms with van der Waals surface area (Å²) in [5, 5.41) is 4.59. The molecule has 30 heavy (non-hydrogen) atoms. The van der Waals surface area contributed by atoms with Crippen molar-refractivity contribution >= 4 is 11.9 Å². The summed E-state index contributed by atoms with van der Waals surface area (Å²) in [6.45, 7) is 3.55. The molecule has 0 spiro atoms. The average Bonchev–Trinajstić information content (AvgIpc) is 2.80. The molecule has 158 valence electrons. The van der Waals surface area contributed by atoms with Crippen LogP contribution < -0.4 is 10.5 Å². The average molecular weight is 409 g/mol. The molecule has 0 bridgehead atoms. The van der Waals surface area contributed by atoms with Crippen LogP contribution in [-0.4, -0.2) is 56.7 Å². The Labute approximate surface area is 175 Å². The first-order valence-electron chi connectivity index (χ1n) is 11.2. The Bertz CT molecular complexity index is 1010. The second-order valence-corrected chi connectivity index (χ2v) is 8.53. The Morgan fingerprint density at radius 1 is 0.967 bits per heavy atom. The van der Waals surface area contributed by atoms with E-state index in [0.29, 0.717) is 0 Å². The summed E-state index contributed by atoms with van der Waals surface area (Å²) in [4.78, 5) is 38.8. The Morgan fingerprint density at radius 2 is 1.70 bits per heavy atom. The smallest absolute Gasteiger partial charge is 0.267 e. The fourth-order valence-electron chi connectivity index (χ4n) is 4.72. The van der Waals surface area contributed by atoms with Gasteiger partial charge in [0.05, 0.1) is 11.4 Å². The highest BCUT2D eigenvalue weighted by atomic mass is 16.2. The molecule has 0 radical (unpaired) electrons. The molecule has 2 aliphatic heterocycles. The van der Waals surface area contributed by atoms with E-state index in [4.69, 9.17) is 4.98 Å². The number of likely N-dealkylation sites (tertiary alicyclic amines) is 1. The zero-order valence-electron chi connectivity index (χ0n) is 17.3. The lowest BCUT2D eigenvalue weighted by molar-refractivity contribution is -0.133. The summed E-state index contributed by atoms with van der Waals surface area (Å²) < 4.78 is 1.31. The number of nitrogens with zero attached hydrogens (tertiary/aromatic N) is 6. The van der Waals surface area contributed by atoms with Gasteiger partial charge in [-0.3, -0.25) is 9.59 Å². The van der Waals surface area contributed by atoms with Crippen LogP contribution in [0.3, 0.4) is 0 Å². The molecule has 2 aromatic heterocycles. The van der Waals surface area contributed by atoms with Crippen LogP contribution in [0.4, 0.5) is 5.95 Å². The van der Waals surface area contributed by atoms with Crippen LogP contribution in [0.25, 0.3) is 11.3 Å². The van der Waals surface area contributed by atoms with Gasteiger partial charge in [-0.25, -0.2) is 14.6 Å². The zero-order valence-corrected chi connectivity index (χ0v) is 17.3. The molecule has 0 N–H and O–H groups in total. The number of carbonyl (C=O) groups excluding carboxylic acids is 1. The van der Waals surface area contributed by atoms with Crippen LogP contribution in [0.5, 0.6) is 0 Å². The third-order valence-corrected chi connectivity index (χ3v) is 6.45. The van der Waals surface area contributed by atoms with Gasteiger partial charge in [-0.05, 0) is 56.9 Å². The fourth-order valence-corrected chi connectivity index (χ4v) is 4.72. The van der Waals surface area contributed by atoms with Crippen LogP contribution in [-0.2, 0) is 24.2 Å². The lowest BCUT2D eigenvalue weighted by atomic mass is 9.94. The minimum Gasteiger partial charge on any atom is -0.341 e. The van der Waals surface area contributed by atoms with Crippen molar-refractivity contribution in [3.63, 3.8) is 0 Å². The molecule has 1 aliphatic carbocycles. The van der Waals surface area contributed by atoms with Crippen molar-refractivity contribution in [2.75, 3.05) is 31.1 Å². The molecule has 2 saturated heterocycles. The molecule has 3 aliphatic rings. The summed E-state index contributed by atoms with van der Waals surface area (Å²) >= 11 is 0. The Morgan fingerprint density at radius 3 is 2.47 bits per heavy atom.